The van der Waals surface area contributed by atoms with Crippen molar-refractivity contribution in [3.63, 3.8) is 0 Å². The van der Waals surface area contributed by atoms with Crippen molar-refractivity contribution in [2.24, 2.45) is 0 Å². The van der Waals surface area contributed by atoms with E-state index in [1.807, 2.05) is 6.92 Å². The quantitative estimate of drug-likeness (QED) is 0.562. The number of carbonyl (C=O) groups is 1. The number of hydrogen-bond donors (Lipinski definition) is 0. The minimum absolute atomic E-state index is 0.0462. The predicted molar refractivity (Wildman–Crippen MR) is 96.8 cm³/mol. The van der Waals surface area contributed by atoms with Crippen LogP contribution in [0.3, 0.4) is 0 Å². The average molecular weight is 363 g/mol. The molecule has 0 bridgehead atoms. The lowest BCUT2D eigenvalue weighted by atomic mass is 10.1. The predicted octanol–water partition coefficient (Wildman–Crippen LogP) is 4.11. The van der Waals surface area contributed by atoms with Crippen molar-refractivity contribution in [2.45, 2.75) is 46.0 Å². The zero-order valence-electron chi connectivity index (χ0n) is 15.4. The molecule has 1 heterocycles. The Bertz CT molecular complexity index is 703. The van der Waals surface area contributed by atoms with Crippen molar-refractivity contribution in [3.8, 4) is 17.4 Å². The maximum atomic E-state index is 14.2. The molecule has 0 radical (unpaired) electrons. The van der Waals surface area contributed by atoms with E-state index in [0.29, 0.717) is 19.6 Å². The molecule has 0 aliphatic heterocycles. The highest BCUT2D eigenvalue weighted by Crippen LogP contribution is 2.23. The molecule has 0 atom stereocenters. The topological polar surface area (TPSA) is 66.2 Å². The molecular weight excluding hydrogens is 337 g/mol. The molecule has 2 rings (SSSR count). The Morgan fingerprint density at radius 1 is 1.15 bits per heavy atom. The van der Waals surface area contributed by atoms with E-state index in [4.69, 9.17) is 9.47 Å². The fourth-order valence-corrected chi connectivity index (χ4v) is 2.49. The Morgan fingerprint density at radius 2 is 1.96 bits per heavy atom. The van der Waals surface area contributed by atoms with Crippen molar-refractivity contribution < 1.29 is 18.7 Å². The Kier molecular flexibility index (Phi) is 8.21. The lowest BCUT2D eigenvalue weighted by molar-refractivity contribution is 0.0878. The molecule has 26 heavy (non-hydrogen) atoms. The van der Waals surface area contributed by atoms with Gasteiger partial charge < -0.3 is 9.47 Å². The van der Waals surface area contributed by atoms with Gasteiger partial charge in [0.2, 0.25) is 5.91 Å². The first-order valence-electron chi connectivity index (χ1n) is 9.13. The molecule has 6 nitrogen and oxygen atoms in total. The maximum Gasteiger partial charge on any atom is 0.336 e. The number of aromatic nitrogens is 3. The summed E-state index contributed by atoms with van der Waals surface area (Å²) in [5, 5.41) is 4.14. The van der Waals surface area contributed by atoms with Crippen molar-refractivity contribution in [2.75, 3.05) is 19.8 Å². The summed E-state index contributed by atoms with van der Waals surface area (Å²) in [4.78, 5) is 16.8. The Labute approximate surface area is 153 Å². The molecule has 0 saturated carbocycles. The Hall–Kier alpha value is -2.28. The summed E-state index contributed by atoms with van der Waals surface area (Å²) in [6.45, 7) is 5.24. The van der Waals surface area contributed by atoms with Gasteiger partial charge in [-0.3, -0.25) is 4.79 Å². The molecule has 1 aromatic heterocycles. The fraction of sp³-hybridized carbons (Fsp3) is 0.526. The average Bonchev–Trinajstić information content (AvgIpc) is 3.07. The maximum absolute atomic E-state index is 14.2. The lowest BCUT2D eigenvalue weighted by Crippen LogP contribution is -2.14. The van der Waals surface area contributed by atoms with Crippen LogP contribution in [-0.4, -0.2) is 40.5 Å². The summed E-state index contributed by atoms with van der Waals surface area (Å²) in [6.07, 6.45) is 4.25. The van der Waals surface area contributed by atoms with Crippen molar-refractivity contribution >= 4 is 5.91 Å². The van der Waals surface area contributed by atoms with E-state index in [-0.39, 0.29) is 29.9 Å². The molecule has 0 spiro atoms. The van der Waals surface area contributed by atoms with Gasteiger partial charge >= 0.3 is 6.01 Å². The number of hydrogen-bond acceptors (Lipinski definition) is 5. The summed E-state index contributed by atoms with van der Waals surface area (Å²) < 4.78 is 26.0. The second-order valence-electron chi connectivity index (χ2n) is 5.86. The molecule has 142 valence electrons. The monoisotopic (exact) mass is 363 g/mol. The van der Waals surface area contributed by atoms with E-state index in [0.717, 1.165) is 30.4 Å². The van der Waals surface area contributed by atoms with E-state index < -0.39 is 5.82 Å². The van der Waals surface area contributed by atoms with Gasteiger partial charge in [0.25, 0.3) is 0 Å². The SMILES string of the molecule is CCCCCCC(=O)n1nc(OCCOCC)nc1-c1ccccc1F. The number of ether oxygens (including phenoxy) is 2. The third kappa shape index (κ3) is 5.62. The molecule has 7 heteroatoms. The van der Waals surface area contributed by atoms with Gasteiger partial charge in [0.1, 0.15) is 12.4 Å². The number of benzene rings is 1. The molecule has 2 aromatic rings. The van der Waals surface area contributed by atoms with E-state index >= 15 is 0 Å². The number of halogens is 1. The summed E-state index contributed by atoms with van der Waals surface area (Å²) in [6, 6.07) is 6.23. The Morgan fingerprint density at radius 3 is 2.69 bits per heavy atom. The van der Waals surface area contributed by atoms with Crippen molar-refractivity contribution in [1.29, 1.82) is 0 Å². The van der Waals surface area contributed by atoms with E-state index in [2.05, 4.69) is 17.0 Å². The van der Waals surface area contributed by atoms with Crippen LogP contribution in [0.1, 0.15) is 50.7 Å². The summed E-state index contributed by atoms with van der Waals surface area (Å²) in [7, 11) is 0. The number of carbonyl (C=O) groups excluding carboxylic acids is 1. The number of nitrogens with zero attached hydrogens (tertiary/aromatic N) is 3. The highest BCUT2D eigenvalue weighted by molar-refractivity contribution is 5.82. The van der Waals surface area contributed by atoms with Crippen molar-refractivity contribution in [3.05, 3.63) is 30.1 Å². The van der Waals surface area contributed by atoms with Crippen LogP contribution in [0.4, 0.5) is 4.39 Å². The van der Waals surface area contributed by atoms with Gasteiger partial charge in [-0.1, -0.05) is 38.3 Å². The molecule has 0 N–H and O–H groups in total. The minimum atomic E-state index is -0.458. The third-order valence-corrected chi connectivity index (χ3v) is 3.85. The molecule has 0 aliphatic rings. The molecule has 1 aromatic carbocycles. The first kappa shape index (κ1) is 20.0. The van der Waals surface area contributed by atoms with E-state index in [1.165, 1.54) is 6.07 Å². The van der Waals surface area contributed by atoms with Gasteiger partial charge in [0, 0.05) is 13.0 Å². The zero-order chi connectivity index (χ0) is 18.8. The van der Waals surface area contributed by atoms with Crippen LogP contribution in [0, 0.1) is 5.82 Å². The highest BCUT2D eigenvalue weighted by Gasteiger charge is 2.20. The summed E-state index contributed by atoms with van der Waals surface area (Å²) in [5.41, 5.74) is 0.224. The highest BCUT2D eigenvalue weighted by atomic mass is 19.1. The van der Waals surface area contributed by atoms with Crippen LogP contribution in [0.25, 0.3) is 11.4 Å². The second-order valence-corrected chi connectivity index (χ2v) is 5.86. The van der Waals surface area contributed by atoms with Gasteiger partial charge in [-0.25, -0.2) is 4.39 Å². The number of rotatable bonds is 11. The van der Waals surface area contributed by atoms with E-state index in [1.54, 1.807) is 18.2 Å². The van der Waals surface area contributed by atoms with Gasteiger partial charge in [-0.2, -0.15) is 9.67 Å². The first-order valence-corrected chi connectivity index (χ1v) is 9.13. The zero-order valence-corrected chi connectivity index (χ0v) is 15.4. The Balaban J connectivity index is 2.18. The van der Waals surface area contributed by atoms with Crippen LogP contribution < -0.4 is 4.74 Å². The molecule has 0 aliphatic carbocycles. The van der Waals surface area contributed by atoms with Gasteiger partial charge in [0.05, 0.1) is 12.2 Å². The van der Waals surface area contributed by atoms with Crippen LogP contribution in [-0.2, 0) is 4.74 Å². The second kappa shape index (κ2) is 10.7. The third-order valence-electron chi connectivity index (χ3n) is 3.85. The molecule has 0 unspecified atom stereocenters. The van der Waals surface area contributed by atoms with E-state index in [9.17, 15) is 9.18 Å². The van der Waals surface area contributed by atoms with Gasteiger partial charge in [-0.05, 0) is 25.5 Å². The first-order chi connectivity index (χ1) is 12.7. The molecular formula is C19H26FN3O3. The van der Waals surface area contributed by atoms with Gasteiger partial charge in [0.15, 0.2) is 5.82 Å². The summed E-state index contributed by atoms with van der Waals surface area (Å²) in [5.74, 6) is -0.512. The smallest absolute Gasteiger partial charge is 0.336 e. The normalized spacial score (nSPS) is 10.9. The largest absolute Gasteiger partial charge is 0.460 e. The lowest BCUT2D eigenvalue weighted by Gasteiger charge is -2.05. The van der Waals surface area contributed by atoms with Crippen LogP contribution in [0.5, 0.6) is 6.01 Å². The van der Waals surface area contributed by atoms with Crippen LogP contribution in [0.15, 0.2) is 24.3 Å². The summed E-state index contributed by atoms with van der Waals surface area (Å²) >= 11 is 0. The molecule has 0 fully saturated rings. The molecule has 0 amide bonds. The molecule has 0 saturated heterocycles. The minimum Gasteiger partial charge on any atom is -0.460 e. The number of unbranched alkanes of at least 4 members (excludes halogenated alkanes) is 3. The van der Waals surface area contributed by atoms with Crippen LogP contribution >= 0.6 is 0 Å². The fourth-order valence-electron chi connectivity index (χ4n) is 2.49. The standard InChI is InChI=1S/C19H26FN3O3/c1-3-5-6-7-12-17(24)23-18(15-10-8-9-11-16(15)20)21-19(22-23)26-14-13-25-4-2/h8-11H,3-7,12-14H2,1-2H3. The van der Waals surface area contributed by atoms with Gasteiger partial charge in [-0.15, -0.1) is 5.10 Å². The van der Waals surface area contributed by atoms with Crippen LogP contribution in [0.2, 0.25) is 0 Å². The van der Waals surface area contributed by atoms with Crippen molar-refractivity contribution in [1.82, 2.24) is 14.8 Å².